The second kappa shape index (κ2) is 7.22. The lowest BCUT2D eigenvalue weighted by Gasteiger charge is -2.29. The molecule has 1 aromatic carbocycles. The number of hydrogen-bond acceptors (Lipinski definition) is 3. The van der Waals surface area contributed by atoms with E-state index in [1.807, 2.05) is 12.1 Å². The van der Waals surface area contributed by atoms with Crippen LogP contribution in [-0.2, 0) is 27.2 Å². The van der Waals surface area contributed by atoms with Gasteiger partial charge in [-0.1, -0.05) is 12.1 Å². The van der Waals surface area contributed by atoms with E-state index < -0.39 is 5.97 Å². The molecule has 0 unspecified atom stereocenters. The molecular weight excluding hydrogens is 270 g/mol. The molecule has 0 bridgehead atoms. The van der Waals surface area contributed by atoms with Gasteiger partial charge in [0.25, 0.3) is 5.91 Å². The molecule has 21 heavy (non-hydrogen) atoms. The van der Waals surface area contributed by atoms with Gasteiger partial charge >= 0.3 is 5.97 Å². The summed E-state index contributed by atoms with van der Waals surface area (Å²) in [6, 6.07) is 6.06. The molecule has 5 heteroatoms. The van der Waals surface area contributed by atoms with Crippen LogP contribution in [0.2, 0.25) is 0 Å². The normalized spacial score (nSPS) is 13.9. The molecule has 1 amide bonds. The minimum atomic E-state index is -0.760. The van der Waals surface area contributed by atoms with Crippen molar-refractivity contribution >= 4 is 17.6 Å². The fourth-order valence-corrected chi connectivity index (χ4v) is 2.71. The third-order valence-electron chi connectivity index (χ3n) is 3.69. The zero-order valence-corrected chi connectivity index (χ0v) is 12.3. The number of carbonyl (C=O) groups excluding carboxylic acids is 1. The standard InChI is InChI=1S/C16H21NO4/c1-21-11-15(18)17-9-3-5-13-10-12(7-8-14(13)17)4-2-6-16(19)20/h7-8,10H,2-6,9,11H2,1H3,(H,19,20). The first-order valence-corrected chi connectivity index (χ1v) is 7.24. The zero-order valence-electron chi connectivity index (χ0n) is 12.3. The first-order chi connectivity index (χ1) is 10.1. The van der Waals surface area contributed by atoms with E-state index in [-0.39, 0.29) is 18.9 Å². The molecule has 0 saturated heterocycles. The van der Waals surface area contributed by atoms with Crippen LogP contribution in [0.4, 0.5) is 5.69 Å². The number of ether oxygens (including phenoxy) is 1. The van der Waals surface area contributed by atoms with Crippen LogP contribution in [0.25, 0.3) is 0 Å². The first kappa shape index (κ1) is 15.5. The van der Waals surface area contributed by atoms with Gasteiger partial charge in [0, 0.05) is 25.8 Å². The van der Waals surface area contributed by atoms with Crippen LogP contribution in [0.1, 0.15) is 30.4 Å². The summed E-state index contributed by atoms with van der Waals surface area (Å²) in [5, 5.41) is 8.67. The summed E-state index contributed by atoms with van der Waals surface area (Å²) in [6.07, 6.45) is 3.49. The monoisotopic (exact) mass is 291 g/mol. The van der Waals surface area contributed by atoms with Crippen LogP contribution in [0.15, 0.2) is 18.2 Å². The van der Waals surface area contributed by atoms with Gasteiger partial charge < -0.3 is 14.7 Å². The Morgan fingerprint density at radius 1 is 1.38 bits per heavy atom. The molecule has 0 radical (unpaired) electrons. The molecule has 1 N–H and O–H groups in total. The zero-order chi connectivity index (χ0) is 15.2. The third kappa shape index (κ3) is 4.04. The quantitative estimate of drug-likeness (QED) is 0.870. The summed E-state index contributed by atoms with van der Waals surface area (Å²) in [6.45, 7) is 0.827. The van der Waals surface area contributed by atoms with Gasteiger partial charge in [-0.05, 0) is 42.9 Å². The van der Waals surface area contributed by atoms with Gasteiger partial charge in [-0.25, -0.2) is 0 Å². The number of hydrogen-bond donors (Lipinski definition) is 1. The molecule has 0 spiro atoms. The van der Waals surface area contributed by atoms with Crippen LogP contribution in [0, 0.1) is 0 Å². The minimum Gasteiger partial charge on any atom is -0.481 e. The Bertz CT molecular complexity index is 527. The number of carbonyl (C=O) groups is 2. The number of benzene rings is 1. The molecule has 1 aliphatic heterocycles. The van der Waals surface area contributed by atoms with Crippen molar-refractivity contribution in [2.24, 2.45) is 0 Å². The third-order valence-corrected chi connectivity index (χ3v) is 3.69. The number of methoxy groups -OCH3 is 1. The summed E-state index contributed by atoms with van der Waals surface area (Å²) >= 11 is 0. The van der Waals surface area contributed by atoms with E-state index in [4.69, 9.17) is 9.84 Å². The van der Waals surface area contributed by atoms with E-state index in [2.05, 4.69) is 6.07 Å². The Labute approximate surface area is 124 Å². The van der Waals surface area contributed by atoms with Crippen molar-refractivity contribution in [2.75, 3.05) is 25.2 Å². The molecule has 0 aliphatic carbocycles. The second-order valence-corrected chi connectivity index (χ2v) is 5.29. The molecule has 114 valence electrons. The van der Waals surface area contributed by atoms with E-state index in [9.17, 15) is 9.59 Å². The van der Waals surface area contributed by atoms with Crippen LogP contribution < -0.4 is 4.90 Å². The number of carboxylic acids is 1. The smallest absolute Gasteiger partial charge is 0.303 e. The highest BCUT2D eigenvalue weighted by atomic mass is 16.5. The van der Waals surface area contributed by atoms with Crippen molar-refractivity contribution in [3.05, 3.63) is 29.3 Å². The summed E-state index contributed by atoms with van der Waals surface area (Å²) in [4.78, 5) is 24.4. The number of carboxylic acid groups (broad SMARTS) is 1. The maximum atomic E-state index is 12.0. The maximum Gasteiger partial charge on any atom is 0.303 e. The van der Waals surface area contributed by atoms with Crippen molar-refractivity contribution in [3.63, 3.8) is 0 Å². The fourth-order valence-electron chi connectivity index (χ4n) is 2.71. The first-order valence-electron chi connectivity index (χ1n) is 7.24. The van der Waals surface area contributed by atoms with Crippen LogP contribution in [-0.4, -0.2) is 37.2 Å². The highest BCUT2D eigenvalue weighted by Gasteiger charge is 2.22. The predicted molar refractivity (Wildman–Crippen MR) is 79.6 cm³/mol. The molecule has 1 aliphatic rings. The largest absolute Gasteiger partial charge is 0.481 e. The lowest BCUT2D eigenvalue weighted by Crippen LogP contribution is -2.37. The summed E-state index contributed by atoms with van der Waals surface area (Å²) in [5.74, 6) is -0.777. The van der Waals surface area contributed by atoms with Gasteiger partial charge in [-0.2, -0.15) is 0 Å². The molecule has 1 aromatic rings. The van der Waals surface area contributed by atoms with E-state index in [0.717, 1.165) is 37.1 Å². The number of aliphatic carboxylic acids is 1. The number of rotatable bonds is 6. The molecule has 2 rings (SSSR count). The molecule has 0 aromatic heterocycles. The van der Waals surface area contributed by atoms with Crippen LogP contribution >= 0.6 is 0 Å². The topological polar surface area (TPSA) is 66.8 Å². The van der Waals surface area contributed by atoms with Crippen molar-refractivity contribution in [1.29, 1.82) is 0 Å². The van der Waals surface area contributed by atoms with Crippen molar-refractivity contribution in [1.82, 2.24) is 0 Å². The second-order valence-electron chi connectivity index (χ2n) is 5.29. The molecular formula is C16H21NO4. The van der Waals surface area contributed by atoms with Gasteiger partial charge in [0.05, 0.1) is 0 Å². The Balaban J connectivity index is 2.09. The van der Waals surface area contributed by atoms with Crippen molar-refractivity contribution < 1.29 is 19.4 Å². The summed E-state index contributed by atoms with van der Waals surface area (Å²) < 4.78 is 4.92. The summed E-state index contributed by atoms with van der Waals surface area (Å²) in [5.41, 5.74) is 3.26. The van der Waals surface area contributed by atoms with E-state index >= 15 is 0 Å². The lowest BCUT2D eigenvalue weighted by molar-refractivity contribution is -0.137. The highest BCUT2D eigenvalue weighted by Crippen LogP contribution is 2.28. The molecule has 0 saturated carbocycles. The van der Waals surface area contributed by atoms with Crippen LogP contribution in [0.5, 0.6) is 0 Å². The highest BCUT2D eigenvalue weighted by molar-refractivity contribution is 5.95. The number of fused-ring (bicyclic) bond motifs is 1. The lowest BCUT2D eigenvalue weighted by atomic mass is 9.97. The van der Waals surface area contributed by atoms with Crippen molar-refractivity contribution in [2.45, 2.75) is 32.1 Å². The Morgan fingerprint density at radius 3 is 2.90 bits per heavy atom. The van der Waals surface area contributed by atoms with Gasteiger partial charge in [-0.15, -0.1) is 0 Å². The van der Waals surface area contributed by atoms with E-state index in [0.29, 0.717) is 6.42 Å². The number of amides is 1. The molecule has 0 atom stereocenters. The van der Waals surface area contributed by atoms with Crippen LogP contribution in [0.3, 0.4) is 0 Å². The molecule has 1 heterocycles. The van der Waals surface area contributed by atoms with Gasteiger partial charge in [0.1, 0.15) is 6.61 Å². The van der Waals surface area contributed by atoms with Crippen molar-refractivity contribution in [3.8, 4) is 0 Å². The maximum absolute atomic E-state index is 12.0. The van der Waals surface area contributed by atoms with E-state index in [1.54, 1.807) is 4.90 Å². The summed E-state index contributed by atoms with van der Waals surface area (Å²) in [7, 11) is 1.52. The SMILES string of the molecule is COCC(=O)N1CCCc2cc(CCCC(=O)O)ccc21. The minimum absolute atomic E-state index is 0.0166. The number of nitrogens with zero attached hydrogens (tertiary/aromatic N) is 1. The van der Waals surface area contributed by atoms with E-state index in [1.165, 1.54) is 12.7 Å². The Kier molecular flexibility index (Phi) is 5.33. The fraction of sp³-hybridized carbons (Fsp3) is 0.500. The van der Waals surface area contributed by atoms with Gasteiger partial charge in [0.2, 0.25) is 0 Å². The Hall–Kier alpha value is -1.88. The molecule has 5 nitrogen and oxygen atoms in total. The number of anilines is 1. The van der Waals surface area contributed by atoms with Gasteiger partial charge in [0.15, 0.2) is 0 Å². The molecule has 0 fully saturated rings. The average molecular weight is 291 g/mol. The average Bonchev–Trinajstić information content (AvgIpc) is 2.46. The van der Waals surface area contributed by atoms with Gasteiger partial charge in [-0.3, -0.25) is 9.59 Å². The predicted octanol–water partition coefficient (Wildman–Crippen LogP) is 2.02. The Morgan fingerprint density at radius 2 is 2.19 bits per heavy atom. The number of aryl methyl sites for hydroxylation is 2.